The van der Waals surface area contributed by atoms with E-state index < -0.39 is 14.8 Å². The maximum atomic E-state index is 10.9. The van der Waals surface area contributed by atoms with Gasteiger partial charge in [0.05, 0.1) is 0 Å². The lowest BCUT2D eigenvalue weighted by Crippen LogP contribution is -2.16. The van der Waals surface area contributed by atoms with Crippen LogP contribution in [0.25, 0.3) is 5.95 Å². The highest BCUT2D eigenvalue weighted by Gasteiger charge is 2.21. The van der Waals surface area contributed by atoms with Crippen molar-refractivity contribution < 1.29 is 13.0 Å². The number of halogens is 1. The third kappa shape index (κ3) is 3.84. The summed E-state index contributed by atoms with van der Waals surface area (Å²) < 4.78 is 33.2. The molecule has 7 nitrogen and oxygen atoms in total. The highest BCUT2D eigenvalue weighted by molar-refractivity contribution is 7.87. The van der Waals surface area contributed by atoms with Gasteiger partial charge in [-0.3, -0.25) is 9.12 Å². The molecule has 0 saturated carbocycles. The Labute approximate surface area is 128 Å². The van der Waals surface area contributed by atoms with Crippen molar-refractivity contribution in [3.05, 3.63) is 30.6 Å². The average Bonchev–Trinajstić information content (AvgIpc) is 3.03. The van der Waals surface area contributed by atoms with E-state index in [9.17, 15) is 8.42 Å². The molecule has 21 heavy (non-hydrogen) atoms. The number of aromatic nitrogens is 4. The van der Waals surface area contributed by atoms with Crippen LogP contribution in [0.5, 0.6) is 0 Å². The molecule has 1 unspecified atom stereocenters. The number of aryl methyl sites for hydroxylation is 2. The second-order valence-electron chi connectivity index (χ2n) is 4.60. The first-order valence-electron chi connectivity index (χ1n) is 6.57. The van der Waals surface area contributed by atoms with Crippen LogP contribution in [0.15, 0.2) is 24.8 Å². The van der Waals surface area contributed by atoms with Gasteiger partial charge in [-0.15, -0.1) is 11.6 Å². The van der Waals surface area contributed by atoms with E-state index in [2.05, 4.69) is 16.9 Å². The van der Waals surface area contributed by atoms with Crippen LogP contribution in [0.2, 0.25) is 0 Å². The zero-order valence-corrected chi connectivity index (χ0v) is 13.1. The summed E-state index contributed by atoms with van der Waals surface area (Å²) in [6, 6.07) is 0. The number of rotatable bonds is 7. The van der Waals surface area contributed by atoms with E-state index in [1.807, 2.05) is 10.8 Å². The molecule has 0 aromatic carbocycles. The normalized spacial score (nSPS) is 13.5. The van der Waals surface area contributed by atoms with Crippen molar-refractivity contribution in [2.45, 2.75) is 37.4 Å². The molecule has 2 aromatic rings. The molecular formula is C12H17ClN4O3S. The van der Waals surface area contributed by atoms with E-state index in [1.54, 1.807) is 23.2 Å². The van der Waals surface area contributed by atoms with Gasteiger partial charge in [0, 0.05) is 37.8 Å². The summed E-state index contributed by atoms with van der Waals surface area (Å²) in [4.78, 5) is 8.50. The average molecular weight is 333 g/mol. The van der Waals surface area contributed by atoms with Crippen molar-refractivity contribution in [1.29, 1.82) is 0 Å². The van der Waals surface area contributed by atoms with Crippen LogP contribution in [0.3, 0.4) is 0 Å². The second kappa shape index (κ2) is 6.59. The highest BCUT2D eigenvalue weighted by atomic mass is 35.5. The lowest BCUT2D eigenvalue weighted by molar-refractivity contribution is 0.476. The molecule has 0 fully saturated rings. The minimum Gasteiger partial charge on any atom is -0.317 e. The van der Waals surface area contributed by atoms with Gasteiger partial charge in [-0.2, -0.15) is 8.42 Å². The Balaban J connectivity index is 2.17. The minimum atomic E-state index is -4.23. The zero-order valence-electron chi connectivity index (χ0n) is 11.6. The molecule has 9 heteroatoms. The molecule has 0 aliphatic heterocycles. The van der Waals surface area contributed by atoms with Gasteiger partial charge >= 0.3 is 0 Å². The Morgan fingerprint density at radius 2 is 2.05 bits per heavy atom. The third-order valence-corrected chi connectivity index (χ3v) is 4.78. The molecule has 2 rings (SSSR count). The first kappa shape index (κ1) is 16.0. The number of hydrogen-bond acceptors (Lipinski definition) is 4. The van der Waals surface area contributed by atoms with Crippen LogP contribution in [0.4, 0.5) is 0 Å². The number of alkyl halides is 1. The summed E-state index contributed by atoms with van der Waals surface area (Å²) in [7, 11) is -4.23. The fourth-order valence-electron chi connectivity index (χ4n) is 2.03. The Hall–Kier alpha value is -1.38. The smallest absolute Gasteiger partial charge is 0.281 e. The van der Waals surface area contributed by atoms with Crippen LogP contribution >= 0.6 is 11.6 Å². The lowest BCUT2D eigenvalue weighted by atomic mass is 10.3. The van der Waals surface area contributed by atoms with Gasteiger partial charge in [0.2, 0.25) is 5.95 Å². The van der Waals surface area contributed by atoms with Crippen molar-refractivity contribution in [1.82, 2.24) is 19.1 Å². The summed E-state index contributed by atoms with van der Waals surface area (Å²) in [5.74, 6) is 1.37. The quantitative estimate of drug-likeness (QED) is 0.617. The molecule has 0 amide bonds. The Morgan fingerprint density at radius 3 is 2.71 bits per heavy atom. The molecule has 1 atom stereocenters. The summed E-state index contributed by atoms with van der Waals surface area (Å²) in [6.45, 7) is 2.90. The van der Waals surface area contributed by atoms with Crippen LogP contribution in [-0.4, -0.2) is 36.8 Å². The van der Waals surface area contributed by atoms with Gasteiger partial charge in [0.15, 0.2) is 4.71 Å². The highest BCUT2D eigenvalue weighted by Crippen LogP contribution is 2.16. The molecule has 0 radical (unpaired) electrons. The number of hydrogen-bond donors (Lipinski definition) is 1. The summed E-state index contributed by atoms with van der Waals surface area (Å²) in [5, 5.41) is 0. The molecule has 1 N–H and O–H groups in total. The van der Waals surface area contributed by atoms with Crippen LogP contribution in [0.1, 0.15) is 25.6 Å². The Kier molecular flexibility index (Phi) is 5.02. The molecule has 2 heterocycles. The molecule has 0 aliphatic rings. The van der Waals surface area contributed by atoms with Gasteiger partial charge < -0.3 is 4.57 Å². The van der Waals surface area contributed by atoms with Crippen molar-refractivity contribution in [3.63, 3.8) is 0 Å². The van der Waals surface area contributed by atoms with Gasteiger partial charge in [-0.25, -0.2) is 9.97 Å². The fourth-order valence-corrected chi connectivity index (χ4v) is 2.56. The Morgan fingerprint density at radius 1 is 1.33 bits per heavy atom. The van der Waals surface area contributed by atoms with Gasteiger partial charge in [-0.1, -0.05) is 6.92 Å². The second-order valence-corrected chi connectivity index (χ2v) is 6.98. The van der Waals surface area contributed by atoms with Gasteiger partial charge in [-0.05, 0) is 12.8 Å². The monoisotopic (exact) mass is 332 g/mol. The standard InChI is InChI=1S/C12H17ClN4O3S/c1-2-7-16-8-5-15-12(16)17-9-6-14-11(17)4-3-10(13)21(18,19)20/h5-6,8-10H,2-4,7H2,1H3,(H,18,19,20). The molecular weight excluding hydrogens is 316 g/mol. The van der Waals surface area contributed by atoms with Crippen LogP contribution in [0, 0.1) is 0 Å². The van der Waals surface area contributed by atoms with E-state index in [-0.39, 0.29) is 6.42 Å². The van der Waals surface area contributed by atoms with E-state index in [1.165, 1.54) is 0 Å². The Bertz CT molecular complexity index is 695. The first-order chi connectivity index (χ1) is 9.93. The molecule has 116 valence electrons. The lowest BCUT2D eigenvalue weighted by Gasteiger charge is -2.10. The van der Waals surface area contributed by atoms with E-state index in [0.717, 1.165) is 18.9 Å². The number of imidazole rings is 2. The zero-order chi connectivity index (χ0) is 15.5. The number of nitrogens with zero attached hydrogens (tertiary/aromatic N) is 4. The van der Waals surface area contributed by atoms with Crippen molar-refractivity contribution in [2.75, 3.05) is 0 Å². The predicted octanol–water partition coefficient (Wildman–Crippen LogP) is 1.86. The fraction of sp³-hybridized carbons (Fsp3) is 0.500. The topological polar surface area (TPSA) is 90.0 Å². The van der Waals surface area contributed by atoms with Crippen molar-refractivity contribution in [2.24, 2.45) is 0 Å². The molecule has 0 spiro atoms. The summed E-state index contributed by atoms with van der Waals surface area (Å²) in [5.41, 5.74) is 0. The van der Waals surface area contributed by atoms with Crippen molar-refractivity contribution >= 4 is 21.7 Å². The van der Waals surface area contributed by atoms with Crippen molar-refractivity contribution in [3.8, 4) is 5.95 Å². The molecule has 2 aromatic heterocycles. The third-order valence-electron chi connectivity index (χ3n) is 3.01. The van der Waals surface area contributed by atoms with Gasteiger partial charge in [0.1, 0.15) is 5.82 Å². The molecule has 0 aliphatic carbocycles. The SMILES string of the molecule is CCCn1ccnc1-n1ccnc1CCC(Cl)S(=O)(=O)O. The first-order valence-corrected chi connectivity index (χ1v) is 8.51. The summed E-state index contributed by atoms with van der Waals surface area (Å²) >= 11 is 5.64. The van der Waals surface area contributed by atoms with E-state index in [4.69, 9.17) is 16.2 Å². The van der Waals surface area contributed by atoms with Crippen LogP contribution < -0.4 is 0 Å². The molecule has 0 bridgehead atoms. The summed E-state index contributed by atoms with van der Waals surface area (Å²) in [6.07, 6.45) is 8.34. The van der Waals surface area contributed by atoms with Gasteiger partial charge in [0.25, 0.3) is 10.1 Å². The van der Waals surface area contributed by atoms with E-state index in [0.29, 0.717) is 12.2 Å². The van der Waals surface area contributed by atoms with Crippen LogP contribution in [-0.2, 0) is 23.1 Å². The minimum absolute atomic E-state index is 0.0753. The maximum Gasteiger partial charge on any atom is 0.281 e. The van der Waals surface area contributed by atoms with E-state index >= 15 is 0 Å². The maximum absolute atomic E-state index is 10.9. The predicted molar refractivity (Wildman–Crippen MR) is 79.2 cm³/mol. The largest absolute Gasteiger partial charge is 0.317 e. The molecule has 0 saturated heterocycles.